The van der Waals surface area contributed by atoms with E-state index in [1.807, 2.05) is 6.92 Å². The Bertz CT molecular complexity index is 574. The average molecular weight is 303 g/mol. The molecule has 0 amide bonds. The third kappa shape index (κ3) is 2.94. The van der Waals surface area contributed by atoms with Gasteiger partial charge in [0.1, 0.15) is 0 Å². The largest absolute Gasteiger partial charge is 0.328 e. The number of hydrogen-bond donors (Lipinski definition) is 1. The lowest BCUT2D eigenvalue weighted by Crippen LogP contribution is -2.48. The SMILES string of the molecule is Cc1ccc(Cl)cc1S(=O)(=O)N1CC[C@H](N)C[C@H]1C. The molecule has 1 fully saturated rings. The Balaban J connectivity index is 2.39. The Kier molecular flexibility index (Phi) is 4.20. The van der Waals surface area contributed by atoms with Crippen molar-refractivity contribution in [2.24, 2.45) is 5.73 Å². The minimum Gasteiger partial charge on any atom is -0.328 e. The van der Waals surface area contributed by atoms with E-state index in [1.165, 1.54) is 10.4 Å². The van der Waals surface area contributed by atoms with Gasteiger partial charge >= 0.3 is 0 Å². The molecule has 2 atom stereocenters. The lowest BCUT2D eigenvalue weighted by atomic mass is 10.0. The predicted octanol–water partition coefficient (Wildman–Crippen LogP) is 2.15. The highest BCUT2D eigenvalue weighted by Crippen LogP contribution is 2.28. The van der Waals surface area contributed by atoms with E-state index in [9.17, 15) is 8.42 Å². The Labute approximate surface area is 119 Å². The van der Waals surface area contributed by atoms with Gasteiger partial charge in [0.15, 0.2) is 0 Å². The van der Waals surface area contributed by atoms with Crippen molar-refractivity contribution >= 4 is 21.6 Å². The molecule has 1 heterocycles. The van der Waals surface area contributed by atoms with Gasteiger partial charge in [-0.15, -0.1) is 0 Å². The number of rotatable bonds is 2. The number of sulfonamides is 1. The number of nitrogens with two attached hydrogens (primary N) is 1. The summed E-state index contributed by atoms with van der Waals surface area (Å²) in [6, 6.07) is 4.96. The van der Waals surface area contributed by atoms with Crippen LogP contribution in [0.1, 0.15) is 25.3 Å². The molecule has 19 heavy (non-hydrogen) atoms. The molecule has 0 bridgehead atoms. The third-order valence-corrected chi connectivity index (χ3v) is 5.98. The maximum Gasteiger partial charge on any atom is 0.243 e. The summed E-state index contributed by atoms with van der Waals surface area (Å²) in [5.74, 6) is 0. The van der Waals surface area contributed by atoms with Crippen LogP contribution in [0.25, 0.3) is 0 Å². The Morgan fingerprint density at radius 3 is 2.74 bits per heavy atom. The van der Waals surface area contributed by atoms with Gasteiger partial charge in [0.05, 0.1) is 4.90 Å². The van der Waals surface area contributed by atoms with Crippen molar-refractivity contribution in [3.63, 3.8) is 0 Å². The first-order chi connectivity index (χ1) is 8.82. The molecule has 0 unspecified atom stereocenters. The molecule has 1 aromatic rings. The summed E-state index contributed by atoms with van der Waals surface area (Å²) in [6.45, 7) is 4.15. The molecular weight excluding hydrogens is 284 g/mol. The molecular formula is C13H19ClN2O2S. The fourth-order valence-corrected chi connectivity index (χ4v) is 4.67. The van der Waals surface area contributed by atoms with E-state index in [2.05, 4.69) is 0 Å². The van der Waals surface area contributed by atoms with Gasteiger partial charge in [0.2, 0.25) is 10.0 Å². The standard InChI is InChI=1S/C13H19ClN2O2S/c1-9-3-4-11(14)8-13(9)19(17,18)16-6-5-12(15)7-10(16)2/h3-4,8,10,12H,5-7,15H2,1-2H3/t10-,12+/m1/s1. The Morgan fingerprint density at radius 1 is 1.42 bits per heavy atom. The predicted molar refractivity (Wildman–Crippen MR) is 76.8 cm³/mol. The molecule has 106 valence electrons. The number of piperidine rings is 1. The topological polar surface area (TPSA) is 63.4 Å². The van der Waals surface area contributed by atoms with E-state index in [0.29, 0.717) is 34.9 Å². The summed E-state index contributed by atoms with van der Waals surface area (Å²) in [4.78, 5) is 0.294. The van der Waals surface area contributed by atoms with Crippen LogP contribution in [0, 0.1) is 6.92 Å². The van der Waals surface area contributed by atoms with Crippen molar-refractivity contribution in [2.45, 2.75) is 43.7 Å². The summed E-state index contributed by atoms with van der Waals surface area (Å²) in [5.41, 5.74) is 6.60. The molecule has 1 aromatic carbocycles. The molecule has 2 rings (SSSR count). The van der Waals surface area contributed by atoms with Crippen LogP contribution in [-0.2, 0) is 10.0 Å². The Hall–Kier alpha value is -0.620. The van der Waals surface area contributed by atoms with Gasteiger partial charge in [0.25, 0.3) is 0 Å². The second-order valence-electron chi connectivity index (χ2n) is 5.16. The normalized spacial score (nSPS) is 25.5. The number of nitrogens with zero attached hydrogens (tertiary/aromatic N) is 1. The van der Waals surface area contributed by atoms with E-state index < -0.39 is 10.0 Å². The zero-order valence-electron chi connectivity index (χ0n) is 11.1. The number of benzene rings is 1. The molecule has 1 aliphatic heterocycles. The number of hydrogen-bond acceptors (Lipinski definition) is 3. The smallest absolute Gasteiger partial charge is 0.243 e. The number of halogens is 1. The summed E-state index contributed by atoms with van der Waals surface area (Å²) in [5, 5.41) is 0.436. The molecule has 0 aromatic heterocycles. The zero-order valence-corrected chi connectivity index (χ0v) is 12.7. The summed E-state index contributed by atoms with van der Waals surface area (Å²) >= 11 is 5.92. The van der Waals surface area contributed by atoms with Gasteiger partial charge in [-0.25, -0.2) is 8.42 Å². The molecule has 2 N–H and O–H groups in total. The van der Waals surface area contributed by atoms with E-state index in [-0.39, 0.29) is 12.1 Å². The van der Waals surface area contributed by atoms with Crippen molar-refractivity contribution in [3.05, 3.63) is 28.8 Å². The van der Waals surface area contributed by atoms with E-state index >= 15 is 0 Å². The second kappa shape index (κ2) is 5.40. The second-order valence-corrected chi connectivity index (χ2v) is 7.45. The van der Waals surface area contributed by atoms with Crippen molar-refractivity contribution < 1.29 is 8.42 Å². The summed E-state index contributed by atoms with van der Waals surface area (Å²) in [6.07, 6.45) is 1.39. The van der Waals surface area contributed by atoms with Gasteiger partial charge in [-0.1, -0.05) is 17.7 Å². The highest BCUT2D eigenvalue weighted by Gasteiger charge is 2.34. The van der Waals surface area contributed by atoms with Crippen LogP contribution < -0.4 is 5.73 Å². The molecule has 6 heteroatoms. The molecule has 0 radical (unpaired) electrons. The van der Waals surface area contributed by atoms with E-state index in [4.69, 9.17) is 17.3 Å². The first kappa shape index (κ1) is 14.8. The van der Waals surface area contributed by atoms with E-state index in [1.54, 1.807) is 19.1 Å². The van der Waals surface area contributed by atoms with Crippen LogP contribution in [0.2, 0.25) is 5.02 Å². The maximum atomic E-state index is 12.7. The van der Waals surface area contributed by atoms with Crippen LogP contribution in [0.4, 0.5) is 0 Å². The molecule has 0 spiro atoms. The quantitative estimate of drug-likeness (QED) is 0.910. The lowest BCUT2D eigenvalue weighted by Gasteiger charge is -2.35. The number of aryl methyl sites for hydroxylation is 1. The zero-order chi connectivity index (χ0) is 14.2. The minimum absolute atomic E-state index is 0.0767. The molecule has 1 saturated heterocycles. The van der Waals surface area contributed by atoms with Gasteiger partial charge < -0.3 is 5.73 Å². The minimum atomic E-state index is -3.49. The Morgan fingerprint density at radius 2 is 2.11 bits per heavy atom. The summed E-state index contributed by atoms with van der Waals surface area (Å²) < 4.78 is 26.9. The monoisotopic (exact) mass is 302 g/mol. The molecule has 0 saturated carbocycles. The molecule has 1 aliphatic rings. The highest BCUT2D eigenvalue weighted by atomic mass is 35.5. The van der Waals surface area contributed by atoms with E-state index in [0.717, 1.165) is 0 Å². The fraction of sp³-hybridized carbons (Fsp3) is 0.538. The summed E-state index contributed by atoms with van der Waals surface area (Å²) in [7, 11) is -3.49. The average Bonchev–Trinajstić information content (AvgIpc) is 2.31. The van der Waals surface area contributed by atoms with Crippen LogP contribution >= 0.6 is 11.6 Å². The fourth-order valence-electron chi connectivity index (χ4n) is 2.52. The van der Waals surface area contributed by atoms with Crippen LogP contribution in [0.3, 0.4) is 0 Å². The highest BCUT2D eigenvalue weighted by molar-refractivity contribution is 7.89. The van der Waals surface area contributed by atoms with Crippen molar-refractivity contribution in [1.82, 2.24) is 4.31 Å². The molecule has 0 aliphatic carbocycles. The van der Waals surface area contributed by atoms with Gasteiger partial charge in [-0.2, -0.15) is 4.31 Å². The van der Waals surface area contributed by atoms with Gasteiger partial charge in [-0.3, -0.25) is 0 Å². The third-order valence-electron chi connectivity index (χ3n) is 3.59. The van der Waals surface area contributed by atoms with Crippen molar-refractivity contribution in [3.8, 4) is 0 Å². The van der Waals surface area contributed by atoms with Crippen LogP contribution in [0.15, 0.2) is 23.1 Å². The molecule has 4 nitrogen and oxygen atoms in total. The van der Waals surface area contributed by atoms with Crippen molar-refractivity contribution in [2.75, 3.05) is 6.54 Å². The first-order valence-electron chi connectivity index (χ1n) is 6.36. The first-order valence-corrected chi connectivity index (χ1v) is 8.17. The van der Waals surface area contributed by atoms with Crippen LogP contribution in [-0.4, -0.2) is 31.4 Å². The van der Waals surface area contributed by atoms with Gasteiger partial charge in [-0.05, 0) is 44.4 Å². The van der Waals surface area contributed by atoms with Crippen LogP contribution in [0.5, 0.6) is 0 Å². The maximum absolute atomic E-state index is 12.7. The van der Waals surface area contributed by atoms with Crippen molar-refractivity contribution in [1.29, 1.82) is 0 Å². The van der Waals surface area contributed by atoms with Gasteiger partial charge in [0, 0.05) is 23.7 Å². The lowest BCUT2D eigenvalue weighted by molar-refractivity contribution is 0.247.